The Morgan fingerprint density at radius 1 is 1.53 bits per heavy atom. The lowest BCUT2D eigenvalue weighted by Gasteiger charge is -2.16. The minimum absolute atomic E-state index is 0.0501. The van der Waals surface area contributed by atoms with Gasteiger partial charge in [0.05, 0.1) is 0 Å². The van der Waals surface area contributed by atoms with E-state index in [1.807, 2.05) is 13.1 Å². The quantitative estimate of drug-likeness (QED) is 0.772. The number of aromatic nitrogens is 1. The van der Waals surface area contributed by atoms with Gasteiger partial charge in [0.25, 0.3) is 5.91 Å². The number of carbonyl (C=O) groups excluding carboxylic acids is 1. The number of carbonyl (C=O) groups is 1. The Hall–Kier alpha value is -1.09. The van der Waals surface area contributed by atoms with E-state index in [2.05, 4.69) is 11.9 Å². The Bertz CT molecular complexity index is 429. The topological polar surface area (TPSA) is 33.2 Å². The third-order valence-electron chi connectivity index (χ3n) is 3.02. The van der Waals surface area contributed by atoms with Crippen LogP contribution in [-0.4, -0.2) is 28.9 Å². The lowest BCUT2D eigenvalue weighted by atomic mass is 10.1. The molecule has 0 N–H and O–H groups in total. The third-order valence-corrected chi connectivity index (χ3v) is 3.21. The average molecular weight is 253 g/mol. The van der Waals surface area contributed by atoms with Crippen molar-refractivity contribution in [2.24, 2.45) is 0 Å². The molecule has 92 valence electrons. The molecule has 0 aliphatic heterocycles. The Kier molecular flexibility index (Phi) is 3.67. The zero-order valence-corrected chi connectivity index (χ0v) is 11.0. The molecule has 1 aliphatic rings. The molecule has 0 saturated heterocycles. The fourth-order valence-corrected chi connectivity index (χ4v) is 2.12. The Labute approximate surface area is 107 Å². The van der Waals surface area contributed by atoms with Crippen LogP contribution in [0.5, 0.6) is 0 Å². The van der Waals surface area contributed by atoms with Crippen LogP contribution < -0.4 is 0 Å². The van der Waals surface area contributed by atoms with E-state index in [-0.39, 0.29) is 5.91 Å². The molecule has 1 saturated carbocycles. The van der Waals surface area contributed by atoms with Gasteiger partial charge in [0, 0.05) is 24.3 Å². The molecule has 3 nitrogen and oxygen atoms in total. The van der Waals surface area contributed by atoms with Crippen LogP contribution in [0.2, 0.25) is 5.15 Å². The van der Waals surface area contributed by atoms with Crippen molar-refractivity contribution in [2.75, 3.05) is 7.05 Å². The molecule has 0 radical (unpaired) electrons. The van der Waals surface area contributed by atoms with Gasteiger partial charge in [-0.2, -0.15) is 0 Å². The van der Waals surface area contributed by atoms with Crippen molar-refractivity contribution >= 4 is 17.5 Å². The van der Waals surface area contributed by atoms with Gasteiger partial charge in [0.1, 0.15) is 5.15 Å². The smallest absolute Gasteiger partial charge is 0.254 e. The van der Waals surface area contributed by atoms with E-state index in [1.165, 1.54) is 0 Å². The highest BCUT2D eigenvalue weighted by atomic mass is 35.5. The molecule has 1 amide bonds. The summed E-state index contributed by atoms with van der Waals surface area (Å²) in [7, 11) is 1.85. The maximum absolute atomic E-state index is 12.2. The Balaban J connectivity index is 2.21. The maximum atomic E-state index is 12.2. The Morgan fingerprint density at radius 3 is 2.82 bits per heavy atom. The lowest BCUT2D eigenvalue weighted by molar-refractivity contribution is 0.0785. The highest BCUT2D eigenvalue weighted by Gasteiger charge is 2.30. The zero-order chi connectivity index (χ0) is 12.4. The van der Waals surface area contributed by atoms with E-state index >= 15 is 0 Å². The van der Waals surface area contributed by atoms with Gasteiger partial charge in [-0.15, -0.1) is 0 Å². The minimum Gasteiger partial charge on any atom is -0.339 e. The summed E-state index contributed by atoms with van der Waals surface area (Å²) in [6.45, 7) is 2.08. The first-order valence-electron chi connectivity index (χ1n) is 6.05. The standard InChI is InChI=1S/C13H17ClN2O/c1-3-4-10-7-9(8-12(14)15-10)13(17)16(2)11-5-6-11/h7-8,11H,3-6H2,1-2H3. The summed E-state index contributed by atoms with van der Waals surface area (Å²) in [4.78, 5) is 18.2. The van der Waals surface area contributed by atoms with Gasteiger partial charge in [0.15, 0.2) is 0 Å². The van der Waals surface area contributed by atoms with E-state index in [0.717, 1.165) is 31.4 Å². The van der Waals surface area contributed by atoms with Crippen LogP contribution >= 0.6 is 11.6 Å². The van der Waals surface area contributed by atoms with E-state index in [1.54, 1.807) is 11.0 Å². The van der Waals surface area contributed by atoms with Crippen molar-refractivity contribution in [1.82, 2.24) is 9.88 Å². The number of halogens is 1. The summed E-state index contributed by atoms with van der Waals surface area (Å²) in [6.07, 6.45) is 4.08. The molecule has 0 atom stereocenters. The summed E-state index contributed by atoms with van der Waals surface area (Å²) in [5, 5.41) is 0.406. The molecule has 0 aromatic carbocycles. The first kappa shape index (κ1) is 12.4. The lowest BCUT2D eigenvalue weighted by Crippen LogP contribution is -2.28. The molecule has 1 heterocycles. The van der Waals surface area contributed by atoms with Gasteiger partial charge in [-0.25, -0.2) is 4.98 Å². The molecule has 1 aromatic rings. The predicted octanol–water partition coefficient (Wildman–Crippen LogP) is 2.92. The normalized spacial score (nSPS) is 14.8. The molecule has 1 aliphatic carbocycles. The second-order valence-corrected chi connectivity index (χ2v) is 4.95. The molecule has 0 bridgehead atoms. The van der Waals surface area contributed by atoms with Crippen molar-refractivity contribution in [2.45, 2.75) is 38.6 Å². The van der Waals surface area contributed by atoms with Crippen LogP contribution in [0.25, 0.3) is 0 Å². The van der Waals surface area contributed by atoms with Gasteiger partial charge < -0.3 is 4.90 Å². The Morgan fingerprint density at radius 2 is 2.24 bits per heavy atom. The van der Waals surface area contributed by atoms with Gasteiger partial charge in [-0.1, -0.05) is 24.9 Å². The zero-order valence-electron chi connectivity index (χ0n) is 10.2. The molecule has 1 fully saturated rings. The van der Waals surface area contributed by atoms with E-state index in [4.69, 9.17) is 11.6 Å². The number of nitrogens with zero attached hydrogens (tertiary/aromatic N) is 2. The summed E-state index contributed by atoms with van der Waals surface area (Å²) >= 11 is 5.95. The summed E-state index contributed by atoms with van der Waals surface area (Å²) < 4.78 is 0. The molecular formula is C13H17ClN2O. The van der Waals surface area contributed by atoms with Crippen molar-refractivity contribution in [3.8, 4) is 0 Å². The molecule has 0 spiro atoms. The highest BCUT2D eigenvalue weighted by molar-refractivity contribution is 6.29. The largest absolute Gasteiger partial charge is 0.339 e. The average Bonchev–Trinajstić information content (AvgIpc) is 3.10. The number of hydrogen-bond donors (Lipinski definition) is 0. The molecule has 1 aromatic heterocycles. The van der Waals surface area contributed by atoms with Gasteiger partial charge >= 0.3 is 0 Å². The fourth-order valence-electron chi connectivity index (χ4n) is 1.89. The van der Waals surface area contributed by atoms with E-state index in [0.29, 0.717) is 16.8 Å². The first-order valence-corrected chi connectivity index (χ1v) is 6.43. The second kappa shape index (κ2) is 5.05. The van der Waals surface area contributed by atoms with Crippen LogP contribution in [0.3, 0.4) is 0 Å². The van der Waals surface area contributed by atoms with Gasteiger partial charge in [-0.05, 0) is 31.4 Å². The number of rotatable bonds is 4. The maximum Gasteiger partial charge on any atom is 0.254 e. The third kappa shape index (κ3) is 2.97. The number of pyridine rings is 1. The van der Waals surface area contributed by atoms with Crippen LogP contribution in [0.15, 0.2) is 12.1 Å². The molecular weight excluding hydrogens is 236 g/mol. The SMILES string of the molecule is CCCc1cc(C(=O)N(C)C2CC2)cc(Cl)n1. The van der Waals surface area contributed by atoms with Crippen LogP contribution in [-0.2, 0) is 6.42 Å². The van der Waals surface area contributed by atoms with Crippen molar-refractivity contribution in [3.05, 3.63) is 28.5 Å². The summed E-state index contributed by atoms with van der Waals surface area (Å²) in [6, 6.07) is 3.93. The van der Waals surface area contributed by atoms with E-state index < -0.39 is 0 Å². The molecule has 2 rings (SSSR count). The summed E-state index contributed by atoms with van der Waals surface area (Å²) in [5.74, 6) is 0.0501. The summed E-state index contributed by atoms with van der Waals surface area (Å²) in [5.41, 5.74) is 1.55. The van der Waals surface area contributed by atoms with Gasteiger partial charge in [0.2, 0.25) is 0 Å². The van der Waals surface area contributed by atoms with E-state index in [9.17, 15) is 4.79 Å². The molecule has 17 heavy (non-hydrogen) atoms. The predicted molar refractivity (Wildman–Crippen MR) is 68.4 cm³/mol. The number of aryl methyl sites for hydroxylation is 1. The van der Waals surface area contributed by atoms with Crippen molar-refractivity contribution in [3.63, 3.8) is 0 Å². The van der Waals surface area contributed by atoms with Crippen LogP contribution in [0.1, 0.15) is 42.2 Å². The molecule has 4 heteroatoms. The van der Waals surface area contributed by atoms with Gasteiger partial charge in [-0.3, -0.25) is 4.79 Å². The second-order valence-electron chi connectivity index (χ2n) is 4.57. The van der Waals surface area contributed by atoms with Crippen molar-refractivity contribution in [1.29, 1.82) is 0 Å². The fraction of sp³-hybridized carbons (Fsp3) is 0.538. The molecule has 0 unspecified atom stereocenters. The number of amides is 1. The first-order chi connectivity index (χ1) is 8.11. The minimum atomic E-state index is 0.0501. The van der Waals surface area contributed by atoms with Crippen LogP contribution in [0, 0.1) is 0 Å². The van der Waals surface area contributed by atoms with Crippen LogP contribution in [0.4, 0.5) is 0 Å². The number of hydrogen-bond acceptors (Lipinski definition) is 2. The monoisotopic (exact) mass is 252 g/mol. The van der Waals surface area contributed by atoms with Crippen molar-refractivity contribution < 1.29 is 4.79 Å². The highest BCUT2D eigenvalue weighted by Crippen LogP contribution is 2.27.